The highest BCUT2D eigenvalue weighted by atomic mass is 32.1. The molecule has 0 unspecified atom stereocenters. The summed E-state index contributed by atoms with van der Waals surface area (Å²) in [4.78, 5) is 43.0. The van der Waals surface area contributed by atoms with E-state index in [1.54, 1.807) is 4.90 Å². The molecule has 0 atom stereocenters. The molecule has 2 aliphatic rings. The van der Waals surface area contributed by atoms with Crippen LogP contribution in [0.1, 0.15) is 28.1 Å². The summed E-state index contributed by atoms with van der Waals surface area (Å²) in [7, 11) is 0. The van der Waals surface area contributed by atoms with Crippen LogP contribution in [-0.2, 0) is 16.0 Å². The van der Waals surface area contributed by atoms with Crippen LogP contribution in [0.2, 0.25) is 0 Å². The summed E-state index contributed by atoms with van der Waals surface area (Å²) < 4.78 is 29.6. The van der Waals surface area contributed by atoms with Crippen LogP contribution >= 0.6 is 11.5 Å². The number of aromatic amines is 1. The van der Waals surface area contributed by atoms with Crippen molar-refractivity contribution in [2.45, 2.75) is 25.2 Å². The number of halogens is 1. The molecule has 2 aliphatic heterocycles. The smallest absolute Gasteiger partial charge is 0.329 e. The van der Waals surface area contributed by atoms with Gasteiger partial charge in [-0.15, -0.1) is 0 Å². The molecule has 0 bridgehead atoms. The van der Waals surface area contributed by atoms with Gasteiger partial charge in [-0.25, -0.2) is 9.18 Å². The van der Waals surface area contributed by atoms with Crippen molar-refractivity contribution in [3.8, 4) is 0 Å². The van der Waals surface area contributed by atoms with Gasteiger partial charge >= 0.3 is 5.69 Å². The number of ether oxygens (including phenoxy) is 2. The third-order valence-electron chi connectivity index (χ3n) is 5.69. The molecule has 1 aromatic carbocycles. The Balaban J connectivity index is 1.42. The van der Waals surface area contributed by atoms with Gasteiger partial charge in [0.1, 0.15) is 10.7 Å². The van der Waals surface area contributed by atoms with Gasteiger partial charge in [-0.1, -0.05) is 12.1 Å². The third-order valence-corrected chi connectivity index (χ3v) is 6.53. The number of H-pyrrole nitrogens is 1. The molecule has 2 saturated heterocycles. The SMILES string of the molecule is O=C(c1snc2c(=O)n(Cc3ccc(F)cc3)c(=O)[nH]c12)N1CCC2(CC1)OCCO2. The number of fused-ring (bicyclic) bond motifs is 1. The number of nitrogens with one attached hydrogen (secondary N) is 1. The van der Waals surface area contributed by atoms with E-state index in [0.717, 1.165) is 16.1 Å². The van der Waals surface area contributed by atoms with Crippen LogP contribution in [0.3, 0.4) is 0 Å². The second-order valence-electron chi connectivity index (χ2n) is 7.58. The van der Waals surface area contributed by atoms with E-state index in [2.05, 4.69) is 9.36 Å². The predicted molar refractivity (Wildman–Crippen MR) is 110 cm³/mol. The zero-order chi connectivity index (χ0) is 21.6. The number of hydrogen-bond acceptors (Lipinski definition) is 7. The number of benzene rings is 1. The van der Waals surface area contributed by atoms with Gasteiger partial charge < -0.3 is 19.4 Å². The number of carbonyl (C=O) groups excluding carboxylic acids is 1. The first-order valence-electron chi connectivity index (χ1n) is 9.90. The number of rotatable bonds is 3. The summed E-state index contributed by atoms with van der Waals surface area (Å²) in [5, 5.41) is 0. The van der Waals surface area contributed by atoms with Crippen LogP contribution in [0.15, 0.2) is 33.9 Å². The second-order valence-corrected chi connectivity index (χ2v) is 8.36. The van der Waals surface area contributed by atoms with Gasteiger partial charge in [0.05, 0.1) is 25.3 Å². The van der Waals surface area contributed by atoms with Gasteiger partial charge in [0.15, 0.2) is 11.3 Å². The molecule has 0 radical (unpaired) electrons. The van der Waals surface area contributed by atoms with Crippen LogP contribution in [0.5, 0.6) is 0 Å². The largest absolute Gasteiger partial charge is 0.347 e. The highest BCUT2D eigenvalue weighted by molar-refractivity contribution is 7.09. The maximum atomic E-state index is 13.1. The van der Waals surface area contributed by atoms with Gasteiger partial charge in [0.25, 0.3) is 11.5 Å². The fraction of sp³-hybridized carbons (Fsp3) is 0.400. The third kappa shape index (κ3) is 3.58. The number of nitrogens with zero attached hydrogens (tertiary/aromatic N) is 3. The summed E-state index contributed by atoms with van der Waals surface area (Å²) in [5.74, 6) is -1.29. The fourth-order valence-corrected chi connectivity index (χ4v) is 4.79. The molecule has 0 saturated carbocycles. The maximum absolute atomic E-state index is 13.1. The minimum Gasteiger partial charge on any atom is -0.347 e. The Morgan fingerprint density at radius 3 is 2.52 bits per heavy atom. The fourth-order valence-electron chi connectivity index (χ4n) is 3.99. The zero-order valence-electron chi connectivity index (χ0n) is 16.4. The summed E-state index contributed by atoms with van der Waals surface area (Å²) in [6, 6.07) is 5.53. The molecule has 9 nitrogen and oxygen atoms in total. The van der Waals surface area contributed by atoms with E-state index in [-0.39, 0.29) is 28.4 Å². The van der Waals surface area contributed by atoms with E-state index in [4.69, 9.17) is 9.47 Å². The molecule has 1 N–H and O–H groups in total. The Hall–Kier alpha value is -2.89. The lowest BCUT2D eigenvalue weighted by atomic mass is 10.0. The van der Waals surface area contributed by atoms with Crippen LogP contribution in [0, 0.1) is 5.82 Å². The van der Waals surface area contributed by atoms with E-state index < -0.39 is 22.9 Å². The molecule has 162 valence electrons. The van der Waals surface area contributed by atoms with Gasteiger partial charge in [-0.05, 0) is 29.2 Å². The van der Waals surface area contributed by atoms with Gasteiger partial charge in [0.2, 0.25) is 0 Å². The minimum atomic E-state index is -0.651. The molecule has 5 rings (SSSR count). The molecule has 11 heteroatoms. The first-order chi connectivity index (χ1) is 15.0. The normalized spacial score (nSPS) is 18.2. The van der Waals surface area contributed by atoms with Crippen molar-refractivity contribution in [1.29, 1.82) is 0 Å². The van der Waals surface area contributed by atoms with Gasteiger partial charge in [0, 0.05) is 25.9 Å². The molecule has 1 amide bonds. The zero-order valence-corrected chi connectivity index (χ0v) is 17.2. The van der Waals surface area contributed by atoms with Crippen LogP contribution in [-0.4, -0.2) is 56.8 Å². The lowest BCUT2D eigenvalue weighted by Crippen LogP contribution is -2.47. The van der Waals surface area contributed by atoms with Crippen molar-refractivity contribution < 1.29 is 18.7 Å². The lowest BCUT2D eigenvalue weighted by molar-refractivity contribution is -0.181. The van der Waals surface area contributed by atoms with E-state index in [1.807, 2.05) is 0 Å². The summed E-state index contributed by atoms with van der Waals surface area (Å²) in [6.07, 6.45) is 1.13. The van der Waals surface area contributed by atoms with Gasteiger partial charge in [-0.2, -0.15) is 4.37 Å². The number of aromatic nitrogens is 3. The highest BCUT2D eigenvalue weighted by Gasteiger charge is 2.41. The Labute approximate surface area is 179 Å². The number of carbonyl (C=O) groups is 1. The highest BCUT2D eigenvalue weighted by Crippen LogP contribution is 2.32. The molecule has 2 aromatic heterocycles. The molecule has 31 heavy (non-hydrogen) atoms. The van der Waals surface area contributed by atoms with Crippen LogP contribution < -0.4 is 11.2 Å². The van der Waals surface area contributed by atoms with E-state index in [0.29, 0.717) is 44.7 Å². The molecular formula is C20H19FN4O5S. The van der Waals surface area contributed by atoms with Crippen molar-refractivity contribution in [2.75, 3.05) is 26.3 Å². The second kappa shape index (κ2) is 7.66. The maximum Gasteiger partial charge on any atom is 0.329 e. The van der Waals surface area contributed by atoms with E-state index in [9.17, 15) is 18.8 Å². The number of hydrogen-bond donors (Lipinski definition) is 1. The average Bonchev–Trinajstić information content (AvgIpc) is 3.40. The standard InChI is InChI=1S/C20H19FN4O5S/c21-13-3-1-12(2-4-13)11-25-17(26)15-14(22-19(25)28)16(31-23-15)18(27)24-7-5-20(6-8-24)29-9-10-30-20/h1-4H,5-11H2,(H,22,28). The van der Waals surface area contributed by atoms with Crippen LogP contribution in [0.4, 0.5) is 4.39 Å². The quantitative estimate of drug-likeness (QED) is 0.650. The number of likely N-dealkylation sites (tertiary alicyclic amines) is 1. The molecule has 4 heterocycles. The van der Waals surface area contributed by atoms with E-state index in [1.165, 1.54) is 24.3 Å². The molecular weight excluding hydrogens is 427 g/mol. The Kier molecular flexibility index (Phi) is 4.95. The minimum absolute atomic E-state index is 0.0284. The molecule has 0 aliphatic carbocycles. The topological polar surface area (TPSA) is 107 Å². The van der Waals surface area contributed by atoms with Crippen molar-refractivity contribution >= 4 is 28.5 Å². The molecule has 1 spiro atoms. The van der Waals surface area contributed by atoms with Crippen molar-refractivity contribution in [1.82, 2.24) is 18.8 Å². The van der Waals surface area contributed by atoms with E-state index >= 15 is 0 Å². The predicted octanol–water partition coefficient (Wildman–Crippen LogP) is 1.31. The monoisotopic (exact) mass is 446 g/mol. The summed E-state index contributed by atoms with van der Waals surface area (Å²) in [5.41, 5.74) is -0.469. The van der Waals surface area contributed by atoms with Crippen molar-refractivity contribution in [3.63, 3.8) is 0 Å². The number of piperidine rings is 1. The van der Waals surface area contributed by atoms with Gasteiger partial charge in [-0.3, -0.25) is 14.2 Å². The molecule has 3 aromatic rings. The average molecular weight is 446 g/mol. The lowest BCUT2D eigenvalue weighted by Gasteiger charge is -2.37. The Bertz CT molecular complexity index is 1250. The Morgan fingerprint density at radius 2 is 1.84 bits per heavy atom. The summed E-state index contributed by atoms with van der Waals surface area (Å²) >= 11 is 0.891. The Morgan fingerprint density at radius 1 is 1.16 bits per heavy atom. The molecule has 2 fully saturated rings. The first kappa shape index (κ1) is 20.0. The number of amides is 1. The summed E-state index contributed by atoms with van der Waals surface area (Å²) in [6.45, 7) is 1.98. The van der Waals surface area contributed by atoms with Crippen molar-refractivity contribution in [3.05, 3.63) is 61.4 Å². The van der Waals surface area contributed by atoms with Crippen molar-refractivity contribution in [2.24, 2.45) is 0 Å². The van der Waals surface area contributed by atoms with Crippen LogP contribution in [0.25, 0.3) is 11.0 Å². The first-order valence-corrected chi connectivity index (χ1v) is 10.7.